The number of hydrogen-bond donors (Lipinski definition) is 2. The Morgan fingerprint density at radius 3 is 2.41 bits per heavy atom. The average Bonchev–Trinajstić information content (AvgIpc) is 2.41. The summed E-state index contributed by atoms with van der Waals surface area (Å²) in [5.74, 6) is -0.617. The maximum atomic E-state index is 11.6. The molecule has 6 nitrogen and oxygen atoms in total. The van der Waals surface area contributed by atoms with Gasteiger partial charge in [0.1, 0.15) is 11.6 Å². The van der Waals surface area contributed by atoms with E-state index < -0.39 is 23.6 Å². The maximum Gasteiger partial charge on any atom is 0.408 e. The van der Waals surface area contributed by atoms with Crippen molar-refractivity contribution in [3.05, 3.63) is 35.9 Å². The van der Waals surface area contributed by atoms with Gasteiger partial charge < -0.3 is 20.5 Å². The summed E-state index contributed by atoms with van der Waals surface area (Å²) >= 11 is 0. The van der Waals surface area contributed by atoms with Crippen LogP contribution in [0.3, 0.4) is 0 Å². The summed E-state index contributed by atoms with van der Waals surface area (Å²) in [6, 6.07) is 8.86. The van der Waals surface area contributed by atoms with Gasteiger partial charge in [0.25, 0.3) is 0 Å². The normalized spacial score (nSPS) is 12.5. The predicted molar refractivity (Wildman–Crippen MR) is 83.1 cm³/mol. The molecule has 1 rings (SSSR count). The van der Waals surface area contributed by atoms with Gasteiger partial charge in [0.15, 0.2) is 0 Å². The lowest BCUT2D eigenvalue weighted by Gasteiger charge is -2.22. The minimum absolute atomic E-state index is 0.293. The standard InChI is InChI=1S/C16H24N2O4/c1-16(2,3)22-15(20)18-13(14(17)19)9-10-21-11-12-7-5-4-6-8-12/h4-8,13H,9-11H2,1-3H3,(H2,17,19)(H,18,20)/t13-/m0/s1. The molecule has 0 fully saturated rings. The molecule has 0 spiro atoms. The van der Waals surface area contributed by atoms with Crippen molar-refractivity contribution in [3.63, 3.8) is 0 Å². The lowest BCUT2D eigenvalue weighted by atomic mass is 10.2. The van der Waals surface area contributed by atoms with E-state index in [0.29, 0.717) is 19.6 Å². The van der Waals surface area contributed by atoms with E-state index in [2.05, 4.69) is 5.32 Å². The van der Waals surface area contributed by atoms with Crippen molar-refractivity contribution in [2.75, 3.05) is 6.61 Å². The number of amides is 2. The minimum Gasteiger partial charge on any atom is -0.444 e. The smallest absolute Gasteiger partial charge is 0.408 e. The van der Waals surface area contributed by atoms with Crippen LogP contribution in [0.1, 0.15) is 32.8 Å². The minimum atomic E-state index is -0.814. The van der Waals surface area contributed by atoms with Gasteiger partial charge in [0.05, 0.1) is 6.61 Å². The van der Waals surface area contributed by atoms with Crippen molar-refractivity contribution >= 4 is 12.0 Å². The Balaban J connectivity index is 2.35. The van der Waals surface area contributed by atoms with Crippen molar-refractivity contribution in [3.8, 4) is 0 Å². The van der Waals surface area contributed by atoms with Gasteiger partial charge in [-0.05, 0) is 26.3 Å². The quantitative estimate of drug-likeness (QED) is 0.753. The first-order chi connectivity index (χ1) is 10.3. The first-order valence-corrected chi connectivity index (χ1v) is 7.18. The summed E-state index contributed by atoms with van der Waals surface area (Å²) in [7, 11) is 0. The summed E-state index contributed by atoms with van der Waals surface area (Å²) in [5, 5.41) is 2.46. The lowest BCUT2D eigenvalue weighted by Crippen LogP contribution is -2.46. The number of ether oxygens (including phenoxy) is 2. The monoisotopic (exact) mass is 308 g/mol. The highest BCUT2D eigenvalue weighted by atomic mass is 16.6. The first kappa shape index (κ1) is 18.0. The highest BCUT2D eigenvalue weighted by Crippen LogP contribution is 2.07. The summed E-state index contributed by atoms with van der Waals surface area (Å²) < 4.78 is 10.6. The summed E-state index contributed by atoms with van der Waals surface area (Å²) in [4.78, 5) is 23.0. The van der Waals surface area contributed by atoms with E-state index in [0.717, 1.165) is 5.56 Å². The molecule has 0 aliphatic heterocycles. The third kappa shape index (κ3) is 7.64. The fourth-order valence-electron chi connectivity index (χ4n) is 1.70. The molecule has 0 saturated carbocycles. The van der Waals surface area contributed by atoms with Gasteiger partial charge in [-0.1, -0.05) is 30.3 Å². The number of benzene rings is 1. The molecule has 0 heterocycles. The second-order valence-corrected chi connectivity index (χ2v) is 5.93. The van der Waals surface area contributed by atoms with E-state index in [1.807, 2.05) is 30.3 Å². The third-order valence-corrected chi connectivity index (χ3v) is 2.70. The van der Waals surface area contributed by atoms with Crippen LogP contribution >= 0.6 is 0 Å². The van der Waals surface area contributed by atoms with Crippen LogP contribution < -0.4 is 11.1 Å². The summed E-state index contributed by atoms with van der Waals surface area (Å²) in [6.45, 7) is 5.98. The molecule has 3 N–H and O–H groups in total. The lowest BCUT2D eigenvalue weighted by molar-refractivity contribution is -0.120. The second kappa shape index (κ2) is 8.38. The van der Waals surface area contributed by atoms with Gasteiger partial charge in [0, 0.05) is 13.0 Å². The molecule has 0 aliphatic rings. The van der Waals surface area contributed by atoms with Gasteiger partial charge >= 0.3 is 6.09 Å². The first-order valence-electron chi connectivity index (χ1n) is 7.18. The Hall–Kier alpha value is -2.08. The zero-order valence-electron chi connectivity index (χ0n) is 13.3. The van der Waals surface area contributed by atoms with E-state index in [1.165, 1.54) is 0 Å². The molecule has 1 atom stereocenters. The van der Waals surface area contributed by atoms with Gasteiger partial charge in [-0.3, -0.25) is 4.79 Å². The number of carbonyl (C=O) groups is 2. The molecule has 22 heavy (non-hydrogen) atoms. The molecular formula is C16H24N2O4. The van der Waals surface area contributed by atoms with Crippen LogP contribution in [0.25, 0.3) is 0 Å². The number of alkyl carbamates (subject to hydrolysis) is 1. The van der Waals surface area contributed by atoms with Gasteiger partial charge in [0.2, 0.25) is 5.91 Å². The van der Waals surface area contributed by atoms with Crippen LogP contribution in [0.4, 0.5) is 4.79 Å². The number of primary amides is 1. The Labute approximate surface area is 131 Å². The highest BCUT2D eigenvalue weighted by molar-refractivity contribution is 5.84. The molecule has 0 saturated heterocycles. The molecule has 1 aromatic rings. The molecule has 6 heteroatoms. The molecule has 1 aromatic carbocycles. The van der Waals surface area contributed by atoms with Crippen LogP contribution in [0, 0.1) is 0 Å². The molecule has 0 unspecified atom stereocenters. The van der Waals surface area contributed by atoms with Crippen molar-refractivity contribution in [1.29, 1.82) is 0 Å². The molecule has 2 amide bonds. The number of carbonyl (C=O) groups excluding carboxylic acids is 2. The average molecular weight is 308 g/mol. The fraction of sp³-hybridized carbons (Fsp3) is 0.500. The highest BCUT2D eigenvalue weighted by Gasteiger charge is 2.22. The van der Waals surface area contributed by atoms with E-state index in [-0.39, 0.29) is 0 Å². The van der Waals surface area contributed by atoms with E-state index in [4.69, 9.17) is 15.2 Å². The van der Waals surface area contributed by atoms with Crippen molar-refractivity contribution in [2.24, 2.45) is 5.73 Å². The van der Waals surface area contributed by atoms with Gasteiger partial charge in [-0.25, -0.2) is 4.79 Å². The van der Waals surface area contributed by atoms with Crippen molar-refractivity contribution < 1.29 is 19.1 Å². The van der Waals surface area contributed by atoms with Crippen molar-refractivity contribution in [1.82, 2.24) is 5.32 Å². The second-order valence-electron chi connectivity index (χ2n) is 5.93. The fourth-order valence-corrected chi connectivity index (χ4v) is 1.70. The zero-order valence-corrected chi connectivity index (χ0v) is 13.3. The van der Waals surface area contributed by atoms with E-state index in [1.54, 1.807) is 20.8 Å². The molecule has 0 aliphatic carbocycles. The molecule has 0 bridgehead atoms. The van der Waals surface area contributed by atoms with Crippen LogP contribution in [0.5, 0.6) is 0 Å². The predicted octanol–water partition coefficient (Wildman–Crippen LogP) is 1.97. The van der Waals surface area contributed by atoms with E-state index >= 15 is 0 Å². The Morgan fingerprint density at radius 2 is 1.86 bits per heavy atom. The molecular weight excluding hydrogens is 284 g/mol. The maximum absolute atomic E-state index is 11.6. The Morgan fingerprint density at radius 1 is 1.23 bits per heavy atom. The third-order valence-electron chi connectivity index (χ3n) is 2.70. The van der Waals surface area contributed by atoms with Crippen molar-refractivity contribution in [2.45, 2.75) is 45.4 Å². The molecule has 0 aromatic heterocycles. The number of nitrogens with two attached hydrogens (primary N) is 1. The zero-order chi connectivity index (χ0) is 16.6. The van der Waals surface area contributed by atoms with E-state index in [9.17, 15) is 9.59 Å². The number of rotatable bonds is 7. The summed E-state index contributed by atoms with van der Waals surface area (Å²) in [5.41, 5.74) is 5.69. The Kier molecular flexibility index (Phi) is 6.85. The van der Waals surface area contributed by atoms with Gasteiger partial charge in [-0.15, -0.1) is 0 Å². The van der Waals surface area contributed by atoms with Gasteiger partial charge in [-0.2, -0.15) is 0 Å². The van der Waals surface area contributed by atoms with Crippen LogP contribution in [0.15, 0.2) is 30.3 Å². The topological polar surface area (TPSA) is 90.7 Å². The number of nitrogens with one attached hydrogen (secondary N) is 1. The number of hydrogen-bond acceptors (Lipinski definition) is 4. The SMILES string of the molecule is CC(C)(C)OC(=O)N[C@@H](CCOCc1ccccc1)C(N)=O. The van der Waals surface area contributed by atoms with Crippen LogP contribution in [-0.4, -0.2) is 30.3 Å². The largest absolute Gasteiger partial charge is 0.444 e. The molecule has 0 radical (unpaired) electrons. The molecule has 122 valence electrons. The van der Waals surface area contributed by atoms with Crippen LogP contribution in [-0.2, 0) is 20.9 Å². The Bertz CT molecular complexity index is 483. The summed E-state index contributed by atoms with van der Waals surface area (Å²) in [6.07, 6.45) is -0.374. The van der Waals surface area contributed by atoms with Crippen LogP contribution in [0.2, 0.25) is 0 Å².